The maximum atomic E-state index is 14.1. The number of aliphatic hydroxyl groups is 1. The Bertz CT molecular complexity index is 3190. The van der Waals surface area contributed by atoms with E-state index in [0.717, 1.165) is 41.7 Å². The standard InChI is InChI=1S/C47H55N11O9S2/c1-29-39(68-28-49-29)32-18-16-31(17-19-32)25-48-42(61)36-24-34(59)27-58(36)44(63)40(47(2,3)4)50-37(60)15-9-13-33-26-56(53-52-33)21-22-67-35-14-8-11-30(23-35)12-10-20-57-41-38(43(62)55(6)46(57)64)54(5)45(51-41)69(7,65)66/h8,11,14,16-19,23,26,28,34,36,40,59H,9,13,15,20-22,24-25,27H2,1-7H3,(H,48,61)(H,50,60)/t34-,36+,40-/m1/s1. The Morgan fingerprint density at radius 2 is 1.83 bits per heavy atom. The van der Waals surface area contributed by atoms with E-state index in [2.05, 4.69) is 42.8 Å². The van der Waals surface area contributed by atoms with Gasteiger partial charge in [-0.1, -0.05) is 68.2 Å². The lowest BCUT2D eigenvalue weighted by Crippen LogP contribution is -2.57. The van der Waals surface area contributed by atoms with Crippen molar-refractivity contribution in [2.45, 2.75) is 96.4 Å². The van der Waals surface area contributed by atoms with Crippen LogP contribution < -0.4 is 26.6 Å². The lowest BCUT2D eigenvalue weighted by atomic mass is 9.85. The number of carbonyl (C=O) groups excluding carboxylic acids is 3. The molecule has 1 saturated heterocycles. The van der Waals surface area contributed by atoms with Crippen molar-refractivity contribution in [3.8, 4) is 28.0 Å². The van der Waals surface area contributed by atoms with Gasteiger partial charge in [0, 0.05) is 58.0 Å². The maximum absolute atomic E-state index is 14.1. The lowest BCUT2D eigenvalue weighted by molar-refractivity contribution is -0.144. The Labute approximate surface area is 402 Å². The SMILES string of the molecule is Cc1ncsc1-c1ccc(CNC(=O)[C@@H]2C[C@@H](O)CN2C(=O)[C@@H](NC(=O)CCCc2cn(CCOc3cccc(C#CCn4c(=O)n(C)c(=O)c5c4nc(S(C)(=O)=O)n5C)c3)nn2)C(C)(C)C)cc1. The number of carbonyl (C=O) groups is 3. The molecule has 0 aliphatic carbocycles. The number of β-amino-alcohol motifs (C(OH)–C–C–N with tert-alkyl or cyclic N) is 1. The second-order valence-corrected chi connectivity index (χ2v) is 20.8. The molecule has 7 rings (SSSR count). The number of hydrogen-bond donors (Lipinski definition) is 3. The number of amides is 3. The predicted octanol–water partition coefficient (Wildman–Crippen LogP) is 2.12. The fraction of sp³-hybridized carbons (Fsp3) is 0.426. The Morgan fingerprint density at radius 1 is 1.07 bits per heavy atom. The summed E-state index contributed by atoms with van der Waals surface area (Å²) in [6, 6.07) is 13.0. The van der Waals surface area contributed by atoms with Crippen LogP contribution in [0.2, 0.25) is 0 Å². The fourth-order valence-electron chi connectivity index (χ4n) is 8.03. The Morgan fingerprint density at radius 3 is 2.52 bits per heavy atom. The molecule has 0 radical (unpaired) electrons. The third-order valence-electron chi connectivity index (χ3n) is 11.7. The van der Waals surface area contributed by atoms with Gasteiger partial charge in [-0.2, -0.15) is 4.98 Å². The largest absolute Gasteiger partial charge is 0.492 e. The smallest absolute Gasteiger partial charge is 0.333 e. The number of aromatic nitrogens is 8. The molecule has 4 aromatic heterocycles. The van der Waals surface area contributed by atoms with Gasteiger partial charge in [0.15, 0.2) is 11.2 Å². The first-order valence-electron chi connectivity index (χ1n) is 22.2. The maximum Gasteiger partial charge on any atom is 0.333 e. The van der Waals surface area contributed by atoms with Crippen LogP contribution in [0.1, 0.15) is 62.5 Å². The minimum atomic E-state index is -3.79. The third-order valence-corrected chi connectivity index (χ3v) is 13.7. The molecule has 364 valence electrons. The number of nitrogens with one attached hydrogen (secondary N) is 2. The van der Waals surface area contributed by atoms with Gasteiger partial charge in [0.25, 0.3) is 5.56 Å². The molecule has 0 spiro atoms. The number of fused-ring (bicyclic) bond motifs is 1. The first-order valence-corrected chi connectivity index (χ1v) is 25.0. The molecule has 0 bridgehead atoms. The molecule has 3 N–H and O–H groups in total. The van der Waals surface area contributed by atoms with Gasteiger partial charge < -0.3 is 29.9 Å². The molecule has 6 aromatic rings. The molecule has 1 aliphatic heterocycles. The molecular formula is C47H55N11O9S2. The molecule has 22 heteroatoms. The van der Waals surface area contributed by atoms with Crippen molar-refractivity contribution in [2.24, 2.45) is 19.5 Å². The zero-order chi connectivity index (χ0) is 49.8. The molecule has 20 nitrogen and oxygen atoms in total. The highest BCUT2D eigenvalue weighted by molar-refractivity contribution is 7.90. The predicted molar refractivity (Wildman–Crippen MR) is 257 cm³/mol. The van der Waals surface area contributed by atoms with Crippen LogP contribution >= 0.6 is 11.3 Å². The zero-order valence-corrected chi connectivity index (χ0v) is 41.1. The fourth-order valence-corrected chi connectivity index (χ4v) is 9.68. The first kappa shape index (κ1) is 49.9. The van der Waals surface area contributed by atoms with E-state index in [0.29, 0.717) is 36.4 Å². The minimum absolute atomic E-state index is 0.0230. The minimum Gasteiger partial charge on any atom is -0.492 e. The number of nitrogens with zero attached hydrogens (tertiary/aromatic N) is 9. The van der Waals surface area contributed by atoms with E-state index < -0.39 is 50.6 Å². The van der Waals surface area contributed by atoms with E-state index in [-0.39, 0.29) is 67.2 Å². The zero-order valence-electron chi connectivity index (χ0n) is 39.4. The van der Waals surface area contributed by atoms with Crippen LogP contribution in [0.25, 0.3) is 21.6 Å². The molecule has 1 aliphatic rings. The summed E-state index contributed by atoms with van der Waals surface area (Å²) < 4.78 is 35.3. The number of likely N-dealkylation sites (tertiary alicyclic amines) is 1. The average molecular weight is 982 g/mol. The van der Waals surface area contributed by atoms with Gasteiger partial charge in [-0.25, -0.2) is 22.9 Å². The highest BCUT2D eigenvalue weighted by Gasteiger charge is 2.44. The summed E-state index contributed by atoms with van der Waals surface area (Å²) in [6.45, 7) is 8.16. The molecule has 2 aromatic carbocycles. The van der Waals surface area contributed by atoms with E-state index >= 15 is 0 Å². The van der Waals surface area contributed by atoms with Crippen molar-refractivity contribution < 1.29 is 32.6 Å². The topological polar surface area (TPSA) is 248 Å². The van der Waals surface area contributed by atoms with Crippen LogP contribution in [0, 0.1) is 24.2 Å². The summed E-state index contributed by atoms with van der Waals surface area (Å²) in [6.07, 6.45) is 2.95. The number of imidazole rings is 1. The van der Waals surface area contributed by atoms with Crippen LogP contribution in [-0.4, -0.2) is 112 Å². The molecular weight excluding hydrogens is 927 g/mol. The summed E-state index contributed by atoms with van der Waals surface area (Å²) in [5.74, 6) is 5.28. The molecule has 69 heavy (non-hydrogen) atoms. The summed E-state index contributed by atoms with van der Waals surface area (Å²) in [4.78, 5) is 77.5. The van der Waals surface area contributed by atoms with Gasteiger partial charge in [0.2, 0.25) is 32.7 Å². The van der Waals surface area contributed by atoms with Crippen LogP contribution in [0.3, 0.4) is 0 Å². The number of benzene rings is 2. The Kier molecular flexibility index (Phi) is 15.0. The number of thiazole rings is 1. The summed E-state index contributed by atoms with van der Waals surface area (Å²) in [5, 5.41) is 24.5. The van der Waals surface area contributed by atoms with Gasteiger partial charge >= 0.3 is 5.69 Å². The number of ether oxygens (including phenoxy) is 1. The third kappa shape index (κ3) is 11.7. The molecule has 0 unspecified atom stereocenters. The van der Waals surface area contributed by atoms with Crippen LogP contribution in [0.5, 0.6) is 5.75 Å². The highest BCUT2D eigenvalue weighted by atomic mass is 32.2. The number of hydrogen-bond acceptors (Lipinski definition) is 14. The van der Waals surface area contributed by atoms with E-state index in [1.165, 1.54) is 19.0 Å². The normalized spacial score (nSPS) is 15.4. The van der Waals surface area contributed by atoms with Crippen molar-refractivity contribution in [3.63, 3.8) is 0 Å². The molecule has 3 amide bonds. The Hall–Kier alpha value is -6.96. The van der Waals surface area contributed by atoms with E-state index in [1.54, 1.807) is 52.0 Å². The van der Waals surface area contributed by atoms with Crippen LogP contribution in [-0.2, 0) is 64.4 Å². The van der Waals surface area contributed by atoms with Gasteiger partial charge in [0.05, 0.1) is 41.0 Å². The second kappa shape index (κ2) is 20.7. The molecule has 3 atom stereocenters. The molecule has 0 saturated carbocycles. The molecule has 5 heterocycles. The lowest BCUT2D eigenvalue weighted by Gasteiger charge is -2.35. The van der Waals surface area contributed by atoms with Gasteiger partial charge in [0.1, 0.15) is 24.4 Å². The monoisotopic (exact) mass is 981 g/mol. The summed E-state index contributed by atoms with van der Waals surface area (Å²) >= 11 is 1.56. The van der Waals surface area contributed by atoms with Crippen molar-refractivity contribution in [1.82, 2.24) is 54.2 Å². The van der Waals surface area contributed by atoms with Crippen LogP contribution in [0.15, 0.2) is 75.0 Å². The molecule has 1 fully saturated rings. The highest BCUT2D eigenvalue weighted by Crippen LogP contribution is 2.29. The first-order chi connectivity index (χ1) is 32.7. The quantitative estimate of drug-likeness (QED) is 0.118. The van der Waals surface area contributed by atoms with Crippen LogP contribution in [0.4, 0.5) is 0 Å². The van der Waals surface area contributed by atoms with Gasteiger partial charge in [-0.15, -0.1) is 16.4 Å². The van der Waals surface area contributed by atoms with Crippen molar-refractivity contribution in [2.75, 3.05) is 19.4 Å². The van der Waals surface area contributed by atoms with Gasteiger partial charge in [-0.05, 0) is 54.5 Å². The average Bonchev–Trinajstić information content (AvgIpc) is 4.11. The van der Waals surface area contributed by atoms with E-state index in [9.17, 15) is 37.5 Å². The Balaban J connectivity index is 0.873. The number of rotatable bonds is 16. The van der Waals surface area contributed by atoms with Crippen molar-refractivity contribution in [1.29, 1.82) is 0 Å². The number of aryl methyl sites for hydroxylation is 3. The van der Waals surface area contributed by atoms with Crippen molar-refractivity contribution in [3.05, 3.63) is 104 Å². The van der Waals surface area contributed by atoms with E-state index in [4.69, 9.17) is 4.74 Å². The number of sulfone groups is 1. The summed E-state index contributed by atoms with van der Waals surface area (Å²) in [7, 11) is -1.08. The number of aliphatic hydroxyl groups excluding tert-OH is 1. The van der Waals surface area contributed by atoms with Gasteiger partial charge in [-0.3, -0.25) is 28.3 Å². The van der Waals surface area contributed by atoms with E-state index in [1.807, 2.05) is 52.0 Å². The summed E-state index contributed by atoms with van der Waals surface area (Å²) in [5.41, 5.74) is 3.77. The second-order valence-electron chi connectivity index (χ2n) is 18.1. The van der Waals surface area contributed by atoms with Crippen molar-refractivity contribution >= 4 is 50.1 Å².